The average molecular weight is 299 g/mol. The zero-order valence-corrected chi connectivity index (χ0v) is 13.0. The van der Waals surface area contributed by atoms with Gasteiger partial charge in [0.25, 0.3) is 0 Å². The van der Waals surface area contributed by atoms with Crippen molar-refractivity contribution < 1.29 is 8.42 Å². The first-order chi connectivity index (χ1) is 8.70. The Morgan fingerprint density at radius 2 is 2.05 bits per heavy atom. The van der Waals surface area contributed by atoms with Crippen molar-refractivity contribution in [3.63, 3.8) is 0 Å². The monoisotopic (exact) mass is 299 g/mol. The normalized spacial score (nSPS) is 12.8. The molecular formula is C12H17N3O2S2. The van der Waals surface area contributed by atoms with Crippen molar-refractivity contribution in [1.29, 1.82) is 0 Å². The van der Waals surface area contributed by atoms with Crippen molar-refractivity contribution >= 4 is 21.2 Å². The van der Waals surface area contributed by atoms with E-state index in [-0.39, 0.29) is 16.3 Å². The lowest BCUT2D eigenvalue weighted by Gasteiger charge is -2.13. The maximum Gasteiger partial charge on any atom is 0.227 e. The van der Waals surface area contributed by atoms with Crippen molar-refractivity contribution in [2.24, 2.45) is 7.05 Å². The van der Waals surface area contributed by atoms with Gasteiger partial charge in [0.15, 0.2) is 0 Å². The number of aromatic nitrogens is 3. The molecule has 0 aromatic carbocycles. The molecule has 0 aliphatic carbocycles. The van der Waals surface area contributed by atoms with Crippen LogP contribution in [-0.2, 0) is 28.1 Å². The molecule has 5 nitrogen and oxygen atoms in total. The molecule has 0 spiro atoms. The molecule has 0 aliphatic rings. The number of thiazole rings is 1. The third-order valence-electron chi connectivity index (χ3n) is 2.59. The molecule has 104 valence electrons. The van der Waals surface area contributed by atoms with E-state index in [1.165, 1.54) is 22.1 Å². The van der Waals surface area contributed by atoms with E-state index in [4.69, 9.17) is 0 Å². The second kappa shape index (κ2) is 4.72. The van der Waals surface area contributed by atoms with E-state index in [0.29, 0.717) is 5.69 Å². The molecule has 2 rings (SSSR count). The van der Waals surface area contributed by atoms with Crippen LogP contribution in [0.4, 0.5) is 0 Å². The second-order valence-electron chi connectivity index (χ2n) is 5.47. The first-order valence-corrected chi connectivity index (χ1v) is 8.38. The Labute approximate surface area is 117 Å². The molecule has 7 heteroatoms. The molecule has 0 aliphatic heterocycles. The average Bonchev–Trinajstić information content (AvgIpc) is 2.85. The molecule has 2 aromatic heterocycles. The quantitative estimate of drug-likeness (QED) is 0.871. The highest BCUT2D eigenvalue weighted by molar-refractivity contribution is 7.90. The molecule has 0 atom stereocenters. The Bertz CT molecular complexity index is 678. The van der Waals surface area contributed by atoms with Gasteiger partial charge in [-0.05, 0) is 0 Å². The fraction of sp³-hybridized carbons (Fsp3) is 0.500. The molecule has 0 unspecified atom stereocenters. The van der Waals surface area contributed by atoms with E-state index < -0.39 is 9.84 Å². The summed E-state index contributed by atoms with van der Waals surface area (Å²) in [6.07, 6.45) is 3.10. The SMILES string of the molecule is Cn1ccnc1S(=O)(=O)Cc1csc(C(C)(C)C)n1. The van der Waals surface area contributed by atoms with Gasteiger partial charge in [-0.25, -0.2) is 18.4 Å². The number of sulfone groups is 1. The number of hydrogen-bond acceptors (Lipinski definition) is 5. The largest absolute Gasteiger partial charge is 0.325 e. The Balaban J connectivity index is 2.27. The maximum atomic E-state index is 12.2. The van der Waals surface area contributed by atoms with Crippen LogP contribution in [0.5, 0.6) is 0 Å². The Hall–Kier alpha value is -1.21. The summed E-state index contributed by atoms with van der Waals surface area (Å²) in [5.74, 6) is -0.107. The second-order valence-corrected chi connectivity index (χ2v) is 8.22. The number of nitrogens with zero attached hydrogens (tertiary/aromatic N) is 3. The van der Waals surface area contributed by atoms with Crippen molar-refractivity contribution in [1.82, 2.24) is 14.5 Å². The van der Waals surface area contributed by atoms with E-state index in [9.17, 15) is 8.42 Å². The molecule has 2 heterocycles. The molecule has 19 heavy (non-hydrogen) atoms. The van der Waals surface area contributed by atoms with Gasteiger partial charge in [0, 0.05) is 30.2 Å². The van der Waals surface area contributed by atoms with E-state index in [1.807, 2.05) is 0 Å². The highest BCUT2D eigenvalue weighted by atomic mass is 32.2. The van der Waals surface area contributed by atoms with Gasteiger partial charge in [-0.15, -0.1) is 11.3 Å². The molecule has 0 amide bonds. The molecule has 0 fully saturated rings. The first-order valence-electron chi connectivity index (χ1n) is 5.85. The highest BCUT2D eigenvalue weighted by Crippen LogP contribution is 2.26. The molecule has 0 saturated carbocycles. The van der Waals surface area contributed by atoms with Crippen molar-refractivity contribution in [2.45, 2.75) is 37.1 Å². The topological polar surface area (TPSA) is 64.8 Å². The zero-order chi connectivity index (χ0) is 14.3. The van der Waals surface area contributed by atoms with Gasteiger partial charge < -0.3 is 4.57 Å². The third-order valence-corrected chi connectivity index (χ3v) is 5.53. The summed E-state index contributed by atoms with van der Waals surface area (Å²) in [4.78, 5) is 8.30. The predicted octanol–water partition coefficient (Wildman–Crippen LogP) is 2.15. The summed E-state index contributed by atoms with van der Waals surface area (Å²) in [5, 5.41) is 2.83. The van der Waals surface area contributed by atoms with Gasteiger partial charge in [-0.1, -0.05) is 20.8 Å². The minimum absolute atomic E-state index is 0.0596. The molecule has 0 bridgehead atoms. The first kappa shape index (κ1) is 14.2. The van der Waals surface area contributed by atoms with E-state index in [0.717, 1.165) is 5.01 Å². The smallest absolute Gasteiger partial charge is 0.227 e. The Kier molecular flexibility index (Phi) is 3.53. The predicted molar refractivity (Wildman–Crippen MR) is 74.9 cm³/mol. The van der Waals surface area contributed by atoms with Gasteiger partial charge in [0.2, 0.25) is 15.0 Å². The van der Waals surface area contributed by atoms with Crippen LogP contribution in [-0.4, -0.2) is 23.0 Å². The van der Waals surface area contributed by atoms with Gasteiger partial charge in [-0.2, -0.15) is 0 Å². The third kappa shape index (κ3) is 3.03. The Morgan fingerprint density at radius 1 is 1.37 bits per heavy atom. The lowest BCUT2D eigenvalue weighted by molar-refractivity contribution is 0.573. The van der Waals surface area contributed by atoms with Gasteiger partial charge in [0.1, 0.15) is 5.75 Å². The minimum atomic E-state index is -3.44. The fourth-order valence-electron chi connectivity index (χ4n) is 1.63. The standard InChI is InChI=1S/C12H17N3O2S2/c1-12(2,3)10-14-9(7-18-10)8-19(16,17)11-13-5-6-15(11)4/h5-7H,8H2,1-4H3. The van der Waals surface area contributed by atoms with Crippen LogP contribution >= 0.6 is 11.3 Å². The number of imidazole rings is 1. The number of hydrogen-bond donors (Lipinski definition) is 0. The summed E-state index contributed by atoms with van der Waals surface area (Å²) in [7, 11) is -1.77. The molecule has 0 saturated heterocycles. The summed E-state index contributed by atoms with van der Waals surface area (Å²) >= 11 is 1.50. The van der Waals surface area contributed by atoms with Gasteiger partial charge in [-0.3, -0.25) is 0 Å². The van der Waals surface area contributed by atoms with Crippen LogP contribution < -0.4 is 0 Å². The van der Waals surface area contributed by atoms with E-state index in [1.54, 1.807) is 18.6 Å². The molecular weight excluding hydrogens is 282 g/mol. The van der Waals surface area contributed by atoms with Gasteiger partial charge in [0.05, 0.1) is 10.7 Å². The van der Waals surface area contributed by atoms with Crippen LogP contribution in [0.25, 0.3) is 0 Å². The molecule has 0 N–H and O–H groups in total. The summed E-state index contributed by atoms with van der Waals surface area (Å²) in [5.41, 5.74) is 0.522. The van der Waals surface area contributed by atoms with Crippen LogP contribution in [0.3, 0.4) is 0 Å². The lowest BCUT2D eigenvalue weighted by Crippen LogP contribution is -2.13. The van der Waals surface area contributed by atoms with E-state index in [2.05, 4.69) is 30.7 Å². The Morgan fingerprint density at radius 3 is 2.53 bits per heavy atom. The summed E-state index contributed by atoms with van der Waals surface area (Å²) in [6.45, 7) is 6.18. The summed E-state index contributed by atoms with van der Waals surface area (Å²) < 4.78 is 26.0. The molecule has 2 aromatic rings. The minimum Gasteiger partial charge on any atom is -0.325 e. The van der Waals surface area contributed by atoms with Crippen molar-refractivity contribution in [3.05, 3.63) is 28.5 Å². The summed E-state index contributed by atoms with van der Waals surface area (Å²) in [6, 6.07) is 0. The number of rotatable bonds is 3. The van der Waals surface area contributed by atoms with Crippen LogP contribution in [0.15, 0.2) is 22.9 Å². The van der Waals surface area contributed by atoms with Gasteiger partial charge >= 0.3 is 0 Å². The lowest BCUT2D eigenvalue weighted by atomic mass is 9.98. The number of aryl methyl sites for hydroxylation is 1. The van der Waals surface area contributed by atoms with Crippen LogP contribution in [0.1, 0.15) is 31.5 Å². The molecule has 0 radical (unpaired) electrons. The maximum absolute atomic E-state index is 12.2. The van der Waals surface area contributed by atoms with Crippen molar-refractivity contribution in [2.75, 3.05) is 0 Å². The van der Waals surface area contributed by atoms with Crippen LogP contribution in [0.2, 0.25) is 0 Å². The van der Waals surface area contributed by atoms with E-state index >= 15 is 0 Å². The highest BCUT2D eigenvalue weighted by Gasteiger charge is 2.23. The fourth-order valence-corrected chi connectivity index (χ4v) is 4.03. The zero-order valence-electron chi connectivity index (χ0n) is 11.4. The van der Waals surface area contributed by atoms with Crippen LogP contribution in [0, 0.1) is 0 Å². The van der Waals surface area contributed by atoms with Crippen molar-refractivity contribution in [3.8, 4) is 0 Å².